The van der Waals surface area contributed by atoms with Crippen molar-refractivity contribution in [1.82, 2.24) is 0 Å². The number of nitrogens with zero attached hydrogens (tertiary/aromatic N) is 1. The molecule has 1 aromatic carbocycles. The molecule has 9 heteroatoms. The summed E-state index contributed by atoms with van der Waals surface area (Å²) in [6, 6.07) is 6.41. The van der Waals surface area contributed by atoms with E-state index in [0.29, 0.717) is 11.1 Å². The monoisotopic (exact) mass is 340 g/mol. The minimum atomic E-state index is -2.69. The van der Waals surface area contributed by atoms with Gasteiger partial charge in [-0.3, -0.25) is 10.1 Å². The SMILES string of the molecule is NC1=C(C(=O)O)C(O)([N+](=O)[O-])Cc2ccccc21.OCCCCO. The molecular weight excluding hydrogens is 320 g/mol. The summed E-state index contributed by atoms with van der Waals surface area (Å²) in [4.78, 5) is 21.0. The molecule has 6 N–H and O–H groups in total. The number of hydrogen-bond acceptors (Lipinski definition) is 7. The van der Waals surface area contributed by atoms with Crippen LogP contribution >= 0.6 is 0 Å². The number of fused-ring (bicyclic) bond motifs is 1. The van der Waals surface area contributed by atoms with Crippen molar-refractivity contribution < 1.29 is 30.1 Å². The number of benzene rings is 1. The predicted octanol–water partition coefficient (Wildman–Crippen LogP) is -0.286. The second kappa shape index (κ2) is 8.39. The number of rotatable bonds is 5. The minimum absolute atomic E-state index is 0.195. The van der Waals surface area contributed by atoms with Crippen molar-refractivity contribution in [3.8, 4) is 0 Å². The van der Waals surface area contributed by atoms with Crippen LogP contribution in [0.1, 0.15) is 24.0 Å². The lowest BCUT2D eigenvalue weighted by atomic mass is 9.83. The van der Waals surface area contributed by atoms with E-state index in [4.69, 9.17) is 21.1 Å². The highest BCUT2D eigenvalue weighted by Crippen LogP contribution is 2.35. The molecular formula is C15H20N2O7. The van der Waals surface area contributed by atoms with Crippen LogP contribution in [0.15, 0.2) is 29.8 Å². The van der Waals surface area contributed by atoms with Crippen LogP contribution in [0.3, 0.4) is 0 Å². The van der Waals surface area contributed by atoms with Gasteiger partial charge in [0, 0.05) is 18.8 Å². The molecule has 0 fully saturated rings. The highest BCUT2D eigenvalue weighted by atomic mass is 16.7. The Balaban J connectivity index is 0.000000413. The molecule has 132 valence electrons. The van der Waals surface area contributed by atoms with E-state index in [2.05, 4.69) is 0 Å². The fraction of sp³-hybridized carbons (Fsp3) is 0.400. The van der Waals surface area contributed by atoms with Crippen LogP contribution < -0.4 is 5.73 Å². The first-order valence-electron chi connectivity index (χ1n) is 7.20. The molecule has 0 spiro atoms. The maximum atomic E-state index is 11.1. The number of hydrogen-bond donors (Lipinski definition) is 5. The summed E-state index contributed by atoms with van der Waals surface area (Å²) in [6.45, 7) is 0.390. The Labute approximate surface area is 137 Å². The summed E-state index contributed by atoms with van der Waals surface area (Å²) in [5, 5.41) is 46.1. The van der Waals surface area contributed by atoms with E-state index in [-0.39, 0.29) is 18.9 Å². The largest absolute Gasteiger partial charge is 0.478 e. The van der Waals surface area contributed by atoms with Gasteiger partial charge in [0.1, 0.15) is 0 Å². The van der Waals surface area contributed by atoms with Crippen LogP contribution in [0.25, 0.3) is 5.70 Å². The van der Waals surface area contributed by atoms with Crippen LogP contribution in [0.5, 0.6) is 0 Å². The fourth-order valence-electron chi connectivity index (χ4n) is 2.31. The van der Waals surface area contributed by atoms with Crippen LogP contribution in [-0.2, 0) is 11.2 Å². The number of nitrogens with two attached hydrogens (primary N) is 1. The Kier molecular flexibility index (Phi) is 6.83. The van der Waals surface area contributed by atoms with E-state index in [1.807, 2.05) is 0 Å². The Hall–Kier alpha value is -2.49. The van der Waals surface area contributed by atoms with Gasteiger partial charge in [-0.2, -0.15) is 0 Å². The Morgan fingerprint density at radius 1 is 1.25 bits per heavy atom. The third kappa shape index (κ3) is 4.07. The van der Waals surface area contributed by atoms with E-state index >= 15 is 0 Å². The zero-order chi connectivity index (χ0) is 18.3. The first-order chi connectivity index (χ1) is 11.3. The van der Waals surface area contributed by atoms with Crippen LogP contribution in [0.2, 0.25) is 0 Å². The van der Waals surface area contributed by atoms with Gasteiger partial charge in [0.2, 0.25) is 0 Å². The maximum absolute atomic E-state index is 11.1. The van der Waals surface area contributed by atoms with E-state index in [1.165, 1.54) is 0 Å². The second-order valence-electron chi connectivity index (χ2n) is 5.16. The van der Waals surface area contributed by atoms with Crippen molar-refractivity contribution in [2.24, 2.45) is 5.73 Å². The third-order valence-electron chi connectivity index (χ3n) is 3.50. The van der Waals surface area contributed by atoms with Crippen LogP contribution in [0, 0.1) is 10.1 Å². The van der Waals surface area contributed by atoms with Crippen molar-refractivity contribution in [1.29, 1.82) is 0 Å². The number of carboxylic acids is 1. The summed E-state index contributed by atoms with van der Waals surface area (Å²) in [6.07, 6.45) is 1.02. The molecule has 9 nitrogen and oxygen atoms in total. The average Bonchev–Trinajstić information content (AvgIpc) is 2.53. The molecule has 0 saturated heterocycles. The molecule has 1 aliphatic carbocycles. The lowest BCUT2D eigenvalue weighted by Crippen LogP contribution is -2.48. The topological polar surface area (TPSA) is 167 Å². The molecule has 0 amide bonds. The van der Waals surface area contributed by atoms with Gasteiger partial charge in [0.15, 0.2) is 5.57 Å². The first kappa shape index (κ1) is 19.6. The molecule has 1 unspecified atom stereocenters. The van der Waals surface area contributed by atoms with E-state index in [9.17, 15) is 20.0 Å². The zero-order valence-electron chi connectivity index (χ0n) is 12.9. The lowest BCUT2D eigenvalue weighted by Gasteiger charge is -2.27. The third-order valence-corrected chi connectivity index (χ3v) is 3.50. The molecule has 0 bridgehead atoms. The Morgan fingerprint density at radius 3 is 2.25 bits per heavy atom. The number of carbonyl (C=O) groups is 1. The van der Waals surface area contributed by atoms with Gasteiger partial charge in [-0.1, -0.05) is 24.3 Å². The van der Waals surface area contributed by atoms with Crippen molar-refractivity contribution >= 4 is 11.7 Å². The van der Waals surface area contributed by atoms with Gasteiger partial charge in [0.05, 0.1) is 17.0 Å². The number of unbranched alkanes of at least 4 members (excludes halogenated alkanes) is 1. The minimum Gasteiger partial charge on any atom is -0.478 e. The summed E-state index contributed by atoms with van der Waals surface area (Å²) in [5.74, 6) is -1.60. The van der Waals surface area contributed by atoms with Gasteiger partial charge in [-0.25, -0.2) is 4.79 Å². The molecule has 1 atom stereocenters. The van der Waals surface area contributed by atoms with E-state index < -0.39 is 28.6 Å². The normalized spacial score (nSPS) is 19.1. The molecule has 1 aliphatic rings. The van der Waals surface area contributed by atoms with Crippen LogP contribution in [0.4, 0.5) is 0 Å². The number of aliphatic carboxylic acids is 1. The number of nitro groups is 1. The highest BCUT2D eigenvalue weighted by molar-refractivity contribution is 5.98. The van der Waals surface area contributed by atoms with Crippen molar-refractivity contribution in [2.75, 3.05) is 13.2 Å². The average molecular weight is 340 g/mol. The van der Waals surface area contributed by atoms with Crippen molar-refractivity contribution in [3.63, 3.8) is 0 Å². The van der Waals surface area contributed by atoms with Crippen LogP contribution in [-0.4, -0.2) is 50.3 Å². The van der Waals surface area contributed by atoms with Gasteiger partial charge in [-0.15, -0.1) is 0 Å². The Morgan fingerprint density at radius 2 is 1.79 bits per heavy atom. The predicted molar refractivity (Wildman–Crippen MR) is 84.2 cm³/mol. The fourth-order valence-corrected chi connectivity index (χ4v) is 2.31. The second-order valence-corrected chi connectivity index (χ2v) is 5.16. The summed E-state index contributed by atoms with van der Waals surface area (Å²) in [7, 11) is 0. The van der Waals surface area contributed by atoms with E-state index in [1.54, 1.807) is 24.3 Å². The molecule has 0 saturated carbocycles. The smallest absolute Gasteiger partial charge is 0.362 e. The maximum Gasteiger partial charge on any atom is 0.362 e. The molecule has 0 aliphatic heterocycles. The van der Waals surface area contributed by atoms with Crippen molar-refractivity contribution in [2.45, 2.75) is 25.0 Å². The number of carboxylic acid groups (broad SMARTS) is 1. The number of aliphatic hydroxyl groups excluding tert-OH is 2. The summed E-state index contributed by atoms with van der Waals surface area (Å²) >= 11 is 0. The highest BCUT2D eigenvalue weighted by Gasteiger charge is 2.53. The zero-order valence-corrected chi connectivity index (χ0v) is 12.9. The molecule has 2 rings (SSSR count). The first-order valence-corrected chi connectivity index (χ1v) is 7.20. The van der Waals surface area contributed by atoms with Gasteiger partial charge >= 0.3 is 11.7 Å². The molecule has 1 aromatic rings. The molecule has 0 heterocycles. The Bertz CT molecular complexity index is 640. The molecule has 24 heavy (non-hydrogen) atoms. The molecule has 0 aromatic heterocycles. The quantitative estimate of drug-likeness (QED) is 0.211. The van der Waals surface area contributed by atoms with Gasteiger partial charge in [-0.05, 0) is 18.4 Å². The molecule has 0 radical (unpaired) electrons. The summed E-state index contributed by atoms with van der Waals surface area (Å²) < 4.78 is 0. The standard InChI is InChI=1S/C11H10N2O5.C4H10O2/c12-9-7-4-2-1-3-6(7)5-11(16,13(17)18)8(9)10(14)15;5-3-1-2-4-6/h1-4,16H,5,12H2,(H,14,15);5-6H,1-4H2. The lowest BCUT2D eigenvalue weighted by molar-refractivity contribution is -0.610. The van der Waals surface area contributed by atoms with Gasteiger partial charge in [0.25, 0.3) is 0 Å². The summed E-state index contributed by atoms with van der Waals surface area (Å²) in [5.41, 5.74) is 2.74. The van der Waals surface area contributed by atoms with Gasteiger partial charge < -0.3 is 26.2 Å². The number of aliphatic hydroxyl groups is 3. The van der Waals surface area contributed by atoms with Crippen molar-refractivity contribution in [3.05, 3.63) is 51.1 Å². The van der Waals surface area contributed by atoms with E-state index in [0.717, 1.165) is 12.8 Å².